The number of anilines is 1. The lowest BCUT2D eigenvalue weighted by Crippen LogP contribution is -1.98. The highest BCUT2D eigenvalue weighted by Gasteiger charge is 2.09. The number of nitrogens with two attached hydrogens (primary N) is 1. The molecule has 0 atom stereocenters. The Morgan fingerprint density at radius 1 is 1.10 bits per heavy atom. The van der Waals surface area contributed by atoms with Crippen molar-refractivity contribution >= 4 is 21.7 Å². The summed E-state index contributed by atoms with van der Waals surface area (Å²) < 4.78 is 2.58. The molecule has 0 saturated carbocycles. The summed E-state index contributed by atoms with van der Waals surface area (Å²) >= 11 is 3.38. The van der Waals surface area contributed by atoms with E-state index < -0.39 is 0 Å². The minimum Gasteiger partial charge on any atom is -0.384 e. The van der Waals surface area contributed by atoms with Gasteiger partial charge >= 0.3 is 0 Å². The molecule has 3 aromatic rings. The van der Waals surface area contributed by atoms with E-state index in [9.17, 15) is 0 Å². The first-order valence-electron chi connectivity index (χ1n) is 5.86. The van der Waals surface area contributed by atoms with Crippen LogP contribution in [0.2, 0.25) is 0 Å². The first kappa shape index (κ1) is 12.7. The van der Waals surface area contributed by atoms with Crippen LogP contribution in [0.3, 0.4) is 0 Å². The van der Waals surface area contributed by atoms with Gasteiger partial charge in [0.2, 0.25) is 0 Å². The molecule has 0 aliphatic carbocycles. The van der Waals surface area contributed by atoms with Crippen LogP contribution in [0.15, 0.2) is 41.4 Å². The normalized spacial score (nSPS) is 10.7. The first-order chi connectivity index (χ1) is 9.61. The molecule has 0 unspecified atom stereocenters. The Balaban J connectivity index is 2.11. The lowest BCUT2D eigenvalue weighted by molar-refractivity contribution is 0.768. The number of pyridine rings is 1. The second kappa shape index (κ2) is 5.01. The summed E-state index contributed by atoms with van der Waals surface area (Å²) in [7, 11) is 1.85. The molecule has 2 N–H and O–H groups in total. The summed E-state index contributed by atoms with van der Waals surface area (Å²) in [5, 5.41) is 4.13. The maximum Gasteiger partial charge on any atom is 0.163 e. The highest BCUT2D eigenvalue weighted by Crippen LogP contribution is 2.24. The SMILES string of the molecule is Cn1cc(-c2cc(N)nc(-c3cncc(Br)c3)n2)cn1. The zero-order valence-electron chi connectivity index (χ0n) is 10.7. The number of nitrogens with zero attached hydrogens (tertiary/aromatic N) is 5. The lowest BCUT2D eigenvalue weighted by atomic mass is 10.2. The minimum atomic E-state index is 0.411. The molecule has 0 aliphatic heterocycles. The van der Waals surface area contributed by atoms with Gasteiger partial charge in [0.15, 0.2) is 5.82 Å². The van der Waals surface area contributed by atoms with Crippen LogP contribution >= 0.6 is 15.9 Å². The molecule has 0 aliphatic rings. The summed E-state index contributed by atoms with van der Waals surface area (Å²) in [5.41, 5.74) is 8.30. The van der Waals surface area contributed by atoms with E-state index in [4.69, 9.17) is 5.73 Å². The summed E-state index contributed by atoms with van der Waals surface area (Å²) in [4.78, 5) is 12.9. The second-order valence-electron chi connectivity index (χ2n) is 4.30. The number of rotatable bonds is 2. The van der Waals surface area contributed by atoms with E-state index in [1.807, 2.05) is 19.3 Å². The highest BCUT2D eigenvalue weighted by atomic mass is 79.9. The molecule has 6 nitrogen and oxygen atoms in total. The van der Waals surface area contributed by atoms with Gasteiger partial charge in [-0.1, -0.05) is 0 Å². The number of aromatic nitrogens is 5. The molecular weight excluding hydrogens is 320 g/mol. The van der Waals surface area contributed by atoms with Crippen molar-refractivity contribution in [3.05, 3.63) is 41.4 Å². The zero-order chi connectivity index (χ0) is 14.1. The molecule has 0 fully saturated rings. The van der Waals surface area contributed by atoms with Crippen LogP contribution in [-0.2, 0) is 7.05 Å². The lowest BCUT2D eigenvalue weighted by Gasteiger charge is -2.04. The first-order valence-corrected chi connectivity index (χ1v) is 6.65. The second-order valence-corrected chi connectivity index (χ2v) is 5.21. The van der Waals surface area contributed by atoms with E-state index in [-0.39, 0.29) is 0 Å². The van der Waals surface area contributed by atoms with Crippen molar-refractivity contribution in [2.45, 2.75) is 0 Å². The van der Waals surface area contributed by atoms with Gasteiger partial charge in [-0.15, -0.1) is 0 Å². The summed E-state index contributed by atoms with van der Waals surface area (Å²) in [6, 6.07) is 3.63. The van der Waals surface area contributed by atoms with Crippen LogP contribution in [0.5, 0.6) is 0 Å². The molecular formula is C13H11BrN6. The van der Waals surface area contributed by atoms with E-state index in [0.29, 0.717) is 11.6 Å². The van der Waals surface area contributed by atoms with E-state index in [1.54, 1.807) is 29.3 Å². The topological polar surface area (TPSA) is 82.5 Å². The maximum atomic E-state index is 5.87. The maximum absolute atomic E-state index is 5.87. The molecule has 0 radical (unpaired) electrons. The molecule has 3 rings (SSSR count). The third-order valence-electron chi connectivity index (χ3n) is 2.71. The number of aryl methyl sites for hydroxylation is 1. The summed E-state index contributed by atoms with van der Waals surface area (Å²) in [5.74, 6) is 0.950. The molecule has 0 amide bonds. The van der Waals surface area contributed by atoms with Gasteiger partial charge < -0.3 is 5.73 Å². The van der Waals surface area contributed by atoms with E-state index in [0.717, 1.165) is 21.3 Å². The third kappa shape index (κ3) is 2.53. The van der Waals surface area contributed by atoms with Gasteiger partial charge in [0, 0.05) is 47.3 Å². The van der Waals surface area contributed by atoms with Crippen molar-refractivity contribution in [1.82, 2.24) is 24.7 Å². The van der Waals surface area contributed by atoms with Crippen molar-refractivity contribution in [3.8, 4) is 22.6 Å². The average Bonchev–Trinajstić information content (AvgIpc) is 2.85. The third-order valence-corrected chi connectivity index (χ3v) is 3.14. The fourth-order valence-electron chi connectivity index (χ4n) is 1.83. The molecule has 7 heteroatoms. The monoisotopic (exact) mass is 330 g/mol. The van der Waals surface area contributed by atoms with Crippen molar-refractivity contribution in [3.63, 3.8) is 0 Å². The van der Waals surface area contributed by atoms with Crippen LogP contribution in [0, 0.1) is 0 Å². The van der Waals surface area contributed by atoms with E-state index >= 15 is 0 Å². The molecule has 3 aromatic heterocycles. The van der Waals surface area contributed by atoms with Crippen LogP contribution in [0.1, 0.15) is 0 Å². The summed E-state index contributed by atoms with van der Waals surface area (Å²) in [6.45, 7) is 0. The van der Waals surface area contributed by atoms with Gasteiger partial charge in [-0.3, -0.25) is 9.67 Å². The van der Waals surface area contributed by atoms with E-state index in [1.165, 1.54) is 0 Å². The molecule has 3 heterocycles. The van der Waals surface area contributed by atoms with Gasteiger partial charge in [-0.05, 0) is 22.0 Å². The number of hydrogen-bond acceptors (Lipinski definition) is 5. The highest BCUT2D eigenvalue weighted by molar-refractivity contribution is 9.10. The summed E-state index contributed by atoms with van der Waals surface area (Å²) in [6.07, 6.45) is 7.03. The predicted octanol–water partition coefficient (Wildman–Crippen LogP) is 2.28. The van der Waals surface area contributed by atoms with Crippen LogP contribution < -0.4 is 5.73 Å². The van der Waals surface area contributed by atoms with Gasteiger partial charge in [0.05, 0.1) is 11.9 Å². The number of hydrogen-bond donors (Lipinski definition) is 1. The van der Waals surface area contributed by atoms with Crippen LogP contribution in [-0.4, -0.2) is 24.7 Å². The van der Waals surface area contributed by atoms with Crippen molar-refractivity contribution in [2.75, 3.05) is 5.73 Å². The minimum absolute atomic E-state index is 0.411. The molecule has 100 valence electrons. The Morgan fingerprint density at radius 2 is 1.95 bits per heavy atom. The molecule has 20 heavy (non-hydrogen) atoms. The van der Waals surface area contributed by atoms with Gasteiger partial charge in [-0.2, -0.15) is 5.10 Å². The molecule has 0 bridgehead atoms. The van der Waals surface area contributed by atoms with E-state index in [2.05, 4.69) is 36.0 Å². The molecule has 0 aromatic carbocycles. The smallest absolute Gasteiger partial charge is 0.163 e. The van der Waals surface area contributed by atoms with Crippen molar-refractivity contribution in [1.29, 1.82) is 0 Å². The standard InChI is InChI=1S/C13H11BrN6/c1-20-7-9(5-17-20)11-3-12(15)19-13(18-11)8-2-10(14)6-16-4-8/h2-7H,1H3,(H2,15,18,19). The van der Waals surface area contributed by atoms with Gasteiger partial charge in [0.25, 0.3) is 0 Å². The van der Waals surface area contributed by atoms with Crippen molar-refractivity contribution < 1.29 is 0 Å². The predicted molar refractivity (Wildman–Crippen MR) is 79.6 cm³/mol. The van der Waals surface area contributed by atoms with Gasteiger partial charge in [-0.25, -0.2) is 9.97 Å². The number of nitrogen functional groups attached to an aromatic ring is 1. The number of halogens is 1. The average molecular weight is 331 g/mol. The molecule has 0 spiro atoms. The Hall–Kier alpha value is -2.28. The quantitative estimate of drug-likeness (QED) is 0.779. The zero-order valence-corrected chi connectivity index (χ0v) is 12.2. The Kier molecular flexibility index (Phi) is 3.19. The van der Waals surface area contributed by atoms with Crippen molar-refractivity contribution in [2.24, 2.45) is 7.05 Å². The Morgan fingerprint density at radius 3 is 2.65 bits per heavy atom. The fourth-order valence-corrected chi connectivity index (χ4v) is 2.20. The Labute approximate surface area is 123 Å². The largest absolute Gasteiger partial charge is 0.384 e. The van der Waals surface area contributed by atoms with Crippen LogP contribution in [0.4, 0.5) is 5.82 Å². The van der Waals surface area contributed by atoms with Crippen LogP contribution in [0.25, 0.3) is 22.6 Å². The molecule has 0 saturated heterocycles. The fraction of sp³-hybridized carbons (Fsp3) is 0.0769. The van der Waals surface area contributed by atoms with Gasteiger partial charge in [0.1, 0.15) is 5.82 Å². The Bertz CT molecular complexity index is 767.